The van der Waals surface area contributed by atoms with Crippen molar-refractivity contribution in [1.82, 2.24) is 10.3 Å². The maximum Gasteiger partial charge on any atom is 0.434 e. The van der Waals surface area contributed by atoms with Crippen LogP contribution in [0.25, 0.3) is 0 Å². The van der Waals surface area contributed by atoms with E-state index in [1.807, 2.05) is 6.92 Å². The van der Waals surface area contributed by atoms with Gasteiger partial charge in [0.15, 0.2) is 5.69 Å². The number of nitrogens with one attached hydrogen (secondary N) is 1. The minimum atomic E-state index is -4.41. The molecule has 1 aromatic rings. The van der Waals surface area contributed by atoms with Crippen LogP contribution in [0, 0.1) is 0 Å². The van der Waals surface area contributed by atoms with Crippen LogP contribution in [0.3, 0.4) is 0 Å². The molecule has 0 radical (unpaired) electrons. The van der Waals surface area contributed by atoms with Crippen molar-refractivity contribution in [3.05, 3.63) is 28.0 Å². The van der Waals surface area contributed by atoms with Crippen molar-refractivity contribution in [3.63, 3.8) is 0 Å². The lowest BCUT2D eigenvalue weighted by molar-refractivity contribution is -0.141. The van der Waals surface area contributed by atoms with Crippen molar-refractivity contribution in [2.45, 2.75) is 26.1 Å². The Labute approximate surface area is 100 Å². The highest BCUT2D eigenvalue weighted by Crippen LogP contribution is 2.33. The highest BCUT2D eigenvalue weighted by Gasteiger charge is 2.34. The van der Waals surface area contributed by atoms with Crippen LogP contribution in [0.5, 0.6) is 0 Å². The van der Waals surface area contributed by atoms with Gasteiger partial charge in [0.1, 0.15) is 0 Å². The number of hydrogen-bond donors (Lipinski definition) is 1. The van der Waals surface area contributed by atoms with Gasteiger partial charge in [-0.05, 0) is 40.5 Å². The summed E-state index contributed by atoms with van der Waals surface area (Å²) < 4.78 is 37.1. The number of halogens is 4. The predicted molar refractivity (Wildman–Crippen MR) is 58.9 cm³/mol. The Kier molecular flexibility index (Phi) is 4.73. The molecule has 0 aliphatic heterocycles. The topological polar surface area (TPSA) is 24.9 Å². The van der Waals surface area contributed by atoms with Crippen LogP contribution in [0.1, 0.15) is 24.6 Å². The molecule has 1 aromatic heterocycles. The molecule has 0 aliphatic carbocycles. The quantitative estimate of drug-likeness (QED) is 0.862. The van der Waals surface area contributed by atoms with Crippen LogP contribution in [0.15, 0.2) is 16.7 Å². The zero-order valence-corrected chi connectivity index (χ0v) is 10.3. The lowest BCUT2D eigenvalue weighted by Crippen LogP contribution is -2.15. The number of aromatic nitrogens is 1. The number of alkyl halides is 3. The van der Waals surface area contributed by atoms with E-state index in [2.05, 4.69) is 26.2 Å². The Bertz CT molecular complexity index is 352. The van der Waals surface area contributed by atoms with Crippen molar-refractivity contribution in [2.75, 3.05) is 6.54 Å². The Balaban J connectivity index is 2.75. The fourth-order valence-electron chi connectivity index (χ4n) is 1.19. The molecule has 90 valence electrons. The summed E-state index contributed by atoms with van der Waals surface area (Å²) in [5.74, 6) is 0. The standard InChI is InChI=1S/C10H12BrF3N2/c1-2-3-15-5-7-4-8(11)9(16-6-7)10(12,13)14/h4,6,15H,2-3,5H2,1H3. The molecule has 1 N–H and O–H groups in total. The molecule has 0 unspecified atom stereocenters. The number of hydrogen-bond acceptors (Lipinski definition) is 2. The first kappa shape index (κ1) is 13.4. The third kappa shape index (κ3) is 3.75. The smallest absolute Gasteiger partial charge is 0.313 e. The van der Waals surface area contributed by atoms with Gasteiger partial charge in [0.25, 0.3) is 0 Å². The van der Waals surface area contributed by atoms with Gasteiger partial charge < -0.3 is 5.32 Å². The van der Waals surface area contributed by atoms with Crippen LogP contribution >= 0.6 is 15.9 Å². The molecule has 0 fully saturated rings. The molecule has 0 saturated carbocycles. The van der Waals surface area contributed by atoms with Crippen molar-refractivity contribution < 1.29 is 13.2 Å². The molecule has 16 heavy (non-hydrogen) atoms. The summed E-state index contributed by atoms with van der Waals surface area (Å²) in [6, 6.07) is 1.44. The maximum atomic E-state index is 12.4. The molecular weight excluding hydrogens is 285 g/mol. The van der Waals surface area contributed by atoms with E-state index in [0.29, 0.717) is 6.54 Å². The minimum absolute atomic E-state index is 0.0178. The van der Waals surface area contributed by atoms with E-state index >= 15 is 0 Å². The van der Waals surface area contributed by atoms with Gasteiger partial charge in [0, 0.05) is 17.2 Å². The summed E-state index contributed by atoms with van der Waals surface area (Å²) in [5.41, 5.74) is -0.153. The summed E-state index contributed by atoms with van der Waals surface area (Å²) in [5, 5.41) is 3.09. The van der Waals surface area contributed by atoms with Gasteiger partial charge >= 0.3 is 6.18 Å². The molecule has 2 nitrogen and oxygen atoms in total. The Morgan fingerprint density at radius 3 is 2.62 bits per heavy atom. The molecule has 0 spiro atoms. The lowest BCUT2D eigenvalue weighted by atomic mass is 10.2. The minimum Gasteiger partial charge on any atom is -0.313 e. The van der Waals surface area contributed by atoms with E-state index in [1.54, 1.807) is 0 Å². The maximum absolute atomic E-state index is 12.4. The number of nitrogens with zero attached hydrogens (tertiary/aromatic N) is 1. The largest absolute Gasteiger partial charge is 0.434 e. The molecule has 6 heteroatoms. The van der Waals surface area contributed by atoms with E-state index < -0.39 is 11.9 Å². The zero-order valence-electron chi connectivity index (χ0n) is 8.74. The monoisotopic (exact) mass is 296 g/mol. The van der Waals surface area contributed by atoms with Gasteiger partial charge in [0.05, 0.1) is 0 Å². The van der Waals surface area contributed by atoms with Gasteiger partial charge in [-0.2, -0.15) is 13.2 Å². The highest BCUT2D eigenvalue weighted by atomic mass is 79.9. The first-order valence-corrected chi connectivity index (χ1v) is 5.66. The molecule has 0 atom stereocenters. The third-order valence-electron chi connectivity index (χ3n) is 1.92. The predicted octanol–water partition coefficient (Wildman–Crippen LogP) is 3.36. The van der Waals surface area contributed by atoms with Crippen LogP contribution in [-0.4, -0.2) is 11.5 Å². The first-order chi connectivity index (χ1) is 7.45. The van der Waals surface area contributed by atoms with Gasteiger partial charge in [0.2, 0.25) is 0 Å². The fourth-order valence-corrected chi connectivity index (χ4v) is 1.81. The molecule has 0 saturated heterocycles. The van der Waals surface area contributed by atoms with E-state index in [9.17, 15) is 13.2 Å². The van der Waals surface area contributed by atoms with Crippen molar-refractivity contribution in [2.24, 2.45) is 0 Å². The average molecular weight is 297 g/mol. The second-order valence-corrected chi connectivity index (χ2v) is 4.20. The van der Waals surface area contributed by atoms with Crippen LogP contribution in [-0.2, 0) is 12.7 Å². The van der Waals surface area contributed by atoms with Crippen molar-refractivity contribution in [3.8, 4) is 0 Å². The Morgan fingerprint density at radius 2 is 2.12 bits per heavy atom. The highest BCUT2D eigenvalue weighted by molar-refractivity contribution is 9.10. The molecular formula is C10H12BrF3N2. The van der Waals surface area contributed by atoms with Crippen LogP contribution in [0.2, 0.25) is 0 Å². The second-order valence-electron chi connectivity index (χ2n) is 3.35. The molecule has 0 aromatic carbocycles. The molecule has 0 bridgehead atoms. The first-order valence-electron chi connectivity index (χ1n) is 4.87. The van der Waals surface area contributed by atoms with Gasteiger partial charge in [-0.3, -0.25) is 4.98 Å². The number of rotatable bonds is 4. The van der Waals surface area contributed by atoms with Gasteiger partial charge in [-0.25, -0.2) is 0 Å². The second kappa shape index (κ2) is 5.63. The molecule has 1 heterocycles. The average Bonchev–Trinajstić information content (AvgIpc) is 2.16. The van der Waals surface area contributed by atoms with E-state index in [-0.39, 0.29) is 4.47 Å². The summed E-state index contributed by atoms with van der Waals surface area (Å²) in [4.78, 5) is 3.42. The van der Waals surface area contributed by atoms with Crippen molar-refractivity contribution in [1.29, 1.82) is 0 Å². The summed E-state index contributed by atoms with van der Waals surface area (Å²) in [6.07, 6.45) is -2.18. The van der Waals surface area contributed by atoms with Gasteiger partial charge in [-0.15, -0.1) is 0 Å². The van der Waals surface area contributed by atoms with Crippen LogP contribution < -0.4 is 5.32 Å². The Hall–Kier alpha value is -0.620. The van der Waals surface area contributed by atoms with E-state index in [4.69, 9.17) is 0 Å². The lowest BCUT2D eigenvalue weighted by Gasteiger charge is -2.09. The zero-order chi connectivity index (χ0) is 12.2. The Morgan fingerprint density at radius 1 is 1.44 bits per heavy atom. The van der Waals surface area contributed by atoms with Crippen molar-refractivity contribution >= 4 is 15.9 Å². The summed E-state index contributed by atoms with van der Waals surface area (Å²) >= 11 is 2.88. The summed E-state index contributed by atoms with van der Waals surface area (Å²) in [6.45, 7) is 3.38. The number of pyridine rings is 1. The SMILES string of the molecule is CCCNCc1cnc(C(F)(F)F)c(Br)c1. The molecule has 0 amide bonds. The fraction of sp³-hybridized carbons (Fsp3) is 0.500. The third-order valence-corrected chi connectivity index (χ3v) is 2.53. The molecule has 1 rings (SSSR count). The normalized spacial score (nSPS) is 11.8. The summed E-state index contributed by atoms with van der Waals surface area (Å²) in [7, 11) is 0. The van der Waals surface area contributed by atoms with E-state index in [1.165, 1.54) is 12.3 Å². The van der Waals surface area contributed by atoms with Crippen LogP contribution in [0.4, 0.5) is 13.2 Å². The van der Waals surface area contributed by atoms with E-state index in [0.717, 1.165) is 18.5 Å². The van der Waals surface area contributed by atoms with Gasteiger partial charge in [-0.1, -0.05) is 6.92 Å². The molecule has 0 aliphatic rings.